The summed E-state index contributed by atoms with van der Waals surface area (Å²) >= 11 is 0. The minimum absolute atomic E-state index is 0.0243. The molecule has 0 radical (unpaired) electrons. The standard InChI is InChI=1S/C14H26N2O2/c1-2-3-4-5-6-7-9-14(18)16-11-8-10-15-13(17)12-16/h2-12H2,1H3,(H,15,17). The zero-order chi connectivity index (χ0) is 13.2. The lowest BCUT2D eigenvalue weighted by molar-refractivity contribution is -0.135. The Balaban J connectivity index is 2.13. The summed E-state index contributed by atoms with van der Waals surface area (Å²) in [5.74, 6) is 0.117. The van der Waals surface area contributed by atoms with Gasteiger partial charge in [-0.2, -0.15) is 0 Å². The molecule has 4 heteroatoms. The summed E-state index contributed by atoms with van der Waals surface area (Å²) in [6.45, 7) is 3.86. The van der Waals surface area contributed by atoms with Gasteiger partial charge in [-0.25, -0.2) is 0 Å². The van der Waals surface area contributed by atoms with E-state index in [4.69, 9.17) is 0 Å². The molecule has 1 aliphatic rings. The molecule has 0 aliphatic carbocycles. The summed E-state index contributed by atoms with van der Waals surface area (Å²) in [6.07, 6.45) is 8.60. The van der Waals surface area contributed by atoms with E-state index in [1.807, 2.05) is 0 Å². The van der Waals surface area contributed by atoms with Crippen molar-refractivity contribution in [1.82, 2.24) is 10.2 Å². The van der Waals surface area contributed by atoms with E-state index in [0.29, 0.717) is 19.5 Å². The van der Waals surface area contributed by atoms with Crippen molar-refractivity contribution < 1.29 is 9.59 Å². The van der Waals surface area contributed by atoms with Crippen LogP contribution in [0.2, 0.25) is 0 Å². The predicted molar refractivity (Wildman–Crippen MR) is 72.2 cm³/mol. The van der Waals surface area contributed by atoms with Crippen molar-refractivity contribution in [3.63, 3.8) is 0 Å². The Morgan fingerprint density at radius 3 is 2.72 bits per heavy atom. The number of nitrogens with zero attached hydrogens (tertiary/aromatic N) is 1. The Morgan fingerprint density at radius 1 is 1.22 bits per heavy atom. The second-order valence-corrected chi connectivity index (χ2v) is 5.04. The highest BCUT2D eigenvalue weighted by Gasteiger charge is 2.18. The molecule has 1 fully saturated rings. The molecule has 18 heavy (non-hydrogen) atoms. The highest BCUT2D eigenvalue weighted by Crippen LogP contribution is 2.09. The highest BCUT2D eigenvalue weighted by atomic mass is 16.2. The number of amides is 2. The molecule has 0 spiro atoms. The molecule has 0 atom stereocenters. The third-order valence-corrected chi connectivity index (χ3v) is 3.36. The fourth-order valence-corrected chi connectivity index (χ4v) is 2.23. The van der Waals surface area contributed by atoms with Crippen molar-refractivity contribution in [2.24, 2.45) is 0 Å². The minimum atomic E-state index is -0.0243. The molecule has 0 aromatic heterocycles. The monoisotopic (exact) mass is 254 g/mol. The van der Waals surface area contributed by atoms with Gasteiger partial charge in [0.25, 0.3) is 0 Å². The Hall–Kier alpha value is -1.06. The van der Waals surface area contributed by atoms with E-state index < -0.39 is 0 Å². The van der Waals surface area contributed by atoms with Crippen LogP contribution in [0.3, 0.4) is 0 Å². The topological polar surface area (TPSA) is 49.4 Å². The Labute approximate surface area is 110 Å². The molecule has 1 rings (SSSR count). The van der Waals surface area contributed by atoms with Crippen LogP contribution in [-0.2, 0) is 9.59 Å². The van der Waals surface area contributed by atoms with Crippen LogP contribution < -0.4 is 5.32 Å². The van der Waals surface area contributed by atoms with Gasteiger partial charge in [0.1, 0.15) is 0 Å². The number of hydrogen-bond donors (Lipinski definition) is 1. The van der Waals surface area contributed by atoms with E-state index in [1.54, 1.807) is 4.90 Å². The van der Waals surface area contributed by atoms with Gasteiger partial charge in [0, 0.05) is 19.5 Å². The molecule has 2 amide bonds. The summed E-state index contributed by atoms with van der Waals surface area (Å²) in [7, 11) is 0. The SMILES string of the molecule is CCCCCCCCC(=O)N1CCCNC(=O)C1. The minimum Gasteiger partial charge on any atom is -0.354 e. The zero-order valence-corrected chi connectivity index (χ0v) is 11.5. The lowest BCUT2D eigenvalue weighted by Gasteiger charge is -2.18. The normalized spacial score (nSPS) is 16.3. The van der Waals surface area contributed by atoms with Crippen LogP contribution in [0.4, 0.5) is 0 Å². The van der Waals surface area contributed by atoms with Crippen LogP contribution in [0, 0.1) is 0 Å². The van der Waals surface area contributed by atoms with Crippen molar-refractivity contribution in [3.05, 3.63) is 0 Å². The molecular formula is C14H26N2O2. The zero-order valence-electron chi connectivity index (χ0n) is 11.5. The van der Waals surface area contributed by atoms with Gasteiger partial charge in [0.05, 0.1) is 6.54 Å². The highest BCUT2D eigenvalue weighted by molar-refractivity contribution is 5.85. The number of nitrogens with one attached hydrogen (secondary N) is 1. The average molecular weight is 254 g/mol. The third-order valence-electron chi connectivity index (χ3n) is 3.36. The van der Waals surface area contributed by atoms with Crippen LogP contribution in [-0.4, -0.2) is 36.3 Å². The van der Waals surface area contributed by atoms with E-state index in [-0.39, 0.29) is 18.4 Å². The number of hydrogen-bond acceptors (Lipinski definition) is 2. The summed E-state index contributed by atoms with van der Waals surface area (Å²) in [5.41, 5.74) is 0. The molecule has 0 saturated carbocycles. The number of carbonyl (C=O) groups excluding carboxylic acids is 2. The van der Waals surface area contributed by atoms with E-state index in [2.05, 4.69) is 12.2 Å². The molecule has 0 aromatic rings. The first-order valence-corrected chi connectivity index (χ1v) is 7.28. The molecule has 1 aliphatic heterocycles. The van der Waals surface area contributed by atoms with Gasteiger partial charge < -0.3 is 10.2 Å². The Bertz CT molecular complexity index is 267. The first-order valence-electron chi connectivity index (χ1n) is 7.28. The summed E-state index contributed by atoms with van der Waals surface area (Å²) in [5, 5.41) is 2.79. The van der Waals surface area contributed by atoms with Crippen LogP contribution in [0.1, 0.15) is 58.3 Å². The molecule has 1 N–H and O–H groups in total. The molecule has 0 unspecified atom stereocenters. The maximum Gasteiger partial charge on any atom is 0.239 e. The van der Waals surface area contributed by atoms with E-state index >= 15 is 0 Å². The van der Waals surface area contributed by atoms with E-state index in [0.717, 1.165) is 19.3 Å². The second-order valence-electron chi connectivity index (χ2n) is 5.04. The predicted octanol–water partition coefficient (Wildman–Crippen LogP) is 2.09. The number of carbonyl (C=O) groups is 2. The maximum atomic E-state index is 11.9. The second kappa shape index (κ2) is 8.95. The third kappa shape index (κ3) is 6.03. The lowest BCUT2D eigenvalue weighted by atomic mass is 10.1. The summed E-state index contributed by atoms with van der Waals surface area (Å²) in [6, 6.07) is 0. The molecule has 4 nitrogen and oxygen atoms in total. The molecule has 0 aromatic carbocycles. The molecule has 0 bridgehead atoms. The quantitative estimate of drug-likeness (QED) is 0.707. The smallest absolute Gasteiger partial charge is 0.239 e. The first-order chi connectivity index (χ1) is 8.74. The molecule has 104 valence electrons. The van der Waals surface area contributed by atoms with Crippen molar-refractivity contribution in [2.45, 2.75) is 58.3 Å². The van der Waals surface area contributed by atoms with Gasteiger partial charge >= 0.3 is 0 Å². The van der Waals surface area contributed by atoms with E-state index in [1.165, 1.54) is 25.7 Å². The van der Waals surface area contributed by atoms with Gasteiger partial charge in [-0.15, -0.1) is 0 Å². The van der Waals surface area contributed by atoms with Gasteiger partial charge in [-0.05, 0) is 12.8 Å². The van der Waals surface area contributed by atoms with Gasteiger partial charge in [0.2, 0.25) is 11.8 Å². The van der Waals surface area contributed by atoms with Crippen LogP contribution >= 0.6 is 0 Å². The summed E-state index contributed by atoms with van der Waals surface area (Å²) < 4.78 is 0. The van der Waals surface area contributed by atoms with Crippen LogP contribution in [0.15, 0.2) is 0 Å². The van der Waals surface area contributed by atoms with Crippen molar-refractivity contribution in [1.29, 1.82) is 0 Å². The largest absolute Gasteiger partial charge is 0.354 e. The number of rotatable bonds is 7. The van der Waals surface area contributed by atoms with Crippen LogP contribution in [0.5, 0.6) is 0 Å². The Morgan fingerprint density at radius 2 is 1.94 bits per heavy atom. The summed E-state index contributed by atoms with van der Waals surface area (Å²) in [4.78, 5) is 25.0. The fraction of sp³-hybridized carbons (Fsp3) is 0.857. The van der Waals surface area contributed by atoms with Crippen molar-refractivity contribution >= 4 is 11.8 Å². The number of unbranched alkanes of at least 4 members (excludes halogenated alkanes) is 5. The fourth-order valence-electron chi connectivity index (χ4n) is 2.23. The maximum absolute atomic E-state index is 11.9. The van der Waals surface area contributed by atoms with Gasteiger partial charge in [0.15, 0.2) is 0 Å². The van der Waals surface area contributed by atoms with Gasteiger partial charge in [-0.1, -0.05) is 39.0 Å². The van der Waals surface area contributed by atoms with Gasteiger partial charge in [-0.3, -0.25) is 9.59 Å². The first kappa shape index (κ1) is 15.0. The van der Waals surface area contributed by atoms with Crippen molar-refractivity contribution in [3.8, 4) is 0 Å². The van der Waals surface area contributed by atoms with Crippen LogP contribution in [0.25, 0.3) is 0 Å². The average Bonchev–Trinajstić information content (AvgIpc) is 2.58. The van der Waals surface area contributed by atoms with E-state index in [9.17, 15) is 9.59 Å². The molecular weight excluding hydrogens is 228 g/mol. The lowest BCUT2D eigenvalue weighted by Crippen LogP contribution is -2.37. The van der Waals surface area contributed by atoms with Crippen molar-refractivity contribution in [2.75, 3.05) is 19.6 Å². The molecule has 1 saturated heterocycles. The Kier molecular flexibility index (Phi) is 7.46. The molecule has 1 heterocycles.